The van der Waals surface area contributed by atoms with Crippen LogP contribution in [0.3, 0.4) is 0 Å². The largest absolute Gasteiger partial charge is 0.507 e. The normalized spacial score (nSPS) is 10.2. The number of ketones is 1. The number of aromatic hydroxyl groups is 1. The third-order valence-electron chi connectivity index (χ3n) is 1.72. The second-order valence-electron chi connectivity index (χ2n) is 2.72. The Labute approximate surface area is 85.3 Å². The zero-order valence-corrected chi connectivity index (χ0v) is 8.01. The first-order chi connectivity index (χ1) is 6.57. The fourth-order valence-corrected chi connectivity index (χ4v) is 1.22. The average molecular weight is 218 g/mol. The van der Waals surface area contributed by atoms with Crippen LogP contribution in [0.2, 0.25) is 5.02 Å². The van der Waals surface area contributed by atoms with Crippen LogP contribution in [-0.2, 0) is 0 Å². The summed E-state index contributed by atoms with van der Waals surface area (Å²) in [6.07, 6.45) is -0.0230. The van der Waals surface area contributed by atoms with Gasteiger partial charge in [-0.25, -0.2) is 4.39 Å². The van der Waals surface area contributed by atoms with Crippen molar-refractivity contribution in [3.05, 3.63) is 28.5 Å². The lowest BCUT2D eigenvalue weighted by molar-refractivity contribution is 0.0979. The molecule has 0 fully saturated rings. The van der Waals surface area contributed by atoms with Gasteiger partial charge in [-0.05, 0) is 18.7 Å². The molecule has 0 aliphatic heterocycles. The molecule has 1 aromatic rings. The van der Waals surface area contributed by atoms with Gasteiger partial charge in [0.15, 0.2) is 11.6 Å². The zero-order chi connectivity index (χ0) is 10.7. The van der Waals surface area contributed by atoms with Crippen molar-refractivity contribution in [2.24, 2.45) is 5.73 Å². The lowest BCUT2D eigenvalue weighted by Gasteiger charge is -2.05. The van der Waals surface area contributed by atoms with Crippen LogP contribution in [-0.4, -0.2) is 17.4 Å². The molecule has 0 unspecified atom stereocenters. The molecule has 0 amide bonds. The van der Waals surface area contributed by atoms with E-state index in [2.05, 4.69) is 0 Å². The third-order valence-corrected chi connectivity index (χ3v) is 2.01. The maximum absolute atomic E-state index is 13.3. The Kier molecular flexibility index (Phi) is 3.43. The Balaban J connectivity index is 3.18. The van der Waals surface area contributed by atoms with Gasteiger partial charge in [0.2, 0.25) is 0 Å². The lowest BCUT2D eigenvalue weighted by atomic mass is 10.1. The first kappa shape index (κ1) is 10.9. The van der Waals surface area contributed by atoms with E-state index in [4.69, 9.17) is 17.3 Å². The number of nitrogens with two attached hydrogens (primary N) is 1. The molecule has 3 nitrogen and oxygen atoms in total. The quantitative estimate of drug-likeness (QED) is 0.758. The summed E-state index contributed by atoms with van der Waals surface area (Å²) in [6, 6.07) is 2.36. The van der Waals surface area contributed by atoms with Crippen molar-refractivity contribution in [3.63, 3.8) is 0 Å². The molecule has 1 rings (SSSR count). The summed E-state index contributed by atoms with van der Waals surface area (Å²) < 4.78 is 13.3. The van der Waals surface area contributed by atoms with Crippen molar-refractivity contribution in [2.75, 3.05) is 6.54 Å². The summed E-state index contributed by atoms with van der Waals surface area (Å²) in [6.45, 7) is 0.101. The fourth-order valence-electron chi connectivity index (χ4n) is 1.06. The highest BCUT2D eigenvalue weighted by molar-refractivity contribution is 6.31. The topological polar surface area (TPSA) is 63.3 Å². The van der Waals surface area contributed by atoms with Crippen LogP contribution in [0, 0.1) is 5.82 Å². The maximum atomic E-state index is 13.3. The van der Waals surface area contributed by atoms with E-state index in [0.717, 1.165) is 0 Å². The summed E-state index contributed by atoms with van der Waals surface area (Å²) in [5.74, 6) is -1.86. The Hall–Kier alpha value is -1.13. The first-order valence-corrected chi connectivity index (χ1v) is 4.36. The second-order valence-corrected chi connectivity index (χ2v) is 3.12. The summed E-state index contributed by atoms with van der Waals surface area (Å²) in [4.78, 5) is 11.3. The smallest absolute Gasteiger partial charge is 0.170 e. The minimum atomic E-state index is -0.898. The number of hydrogen-bond donors (Lipinski definition) is 2. The van der Waals surface area contributed by atoms with Crippen molar-refractivity contribution in [3.8, 4) is 5.75 Å². The highest BCUT2D eigenvalue weighted by Crippen LogP contribution is 2.27. The highest BCUT2D eigenvalue weighted by Gasteiger charge is 2.18. The van der Waals surface area contributed by atoms with Crippen LogP contribution in [0.1, 0.15) is 16.8 Å². The van der Waals surface area contributed by atoms with Crippen molar-refractivity contribution < 1.29 is 14.3 Å². The molecule has 5 heteroatoms. The average Bonchev–Trinajstić information content (AvgIpc) is 2.13. The Morgan fingerprint density at radius 3 is 2.79 bits per heavy atom. The molecule has 0 saturated heterocycles. The van der Waals surface area contributed by atoms with Crippen molar-refractivity contribution in [1.82, 2.24) is 0 Å². The van der Waals surface area contributed by atoms with Gasteiger partial charge < -0.3 is 10.8 Å². The fraction of sp³-hybridized carbons (Fsp3) is 0.222. The Morgan fingerprint density at radius 1 is 1.57 bits per heavy atom. The summed E-state index contributed by atoms with van der Waals surface area (Å²) in [7, 11) is 0. The number of halogens is 2. The van der Waals surface area contributed by atoms with Gasteiger partial charge in [-0.3, -0.25) is 4.79 Å². The van der Waals surface area contributed by atoms with E-state index in [-0.39, 0.29) is 23.6 Å². The summed E-state index contributed by atoms with van der Waals surface area (Å²) >= 11 is 5.46. The molecule has 0 bridgehead atoms. The van der Waals surface area contributed by atoms with Gasteiger partial charge in [0.1, 0.15) is 5.75 Å². The summed E-state index contributed by atoms with van der Waals surface area (Å²) in [5.41, 5.74) is 4.76. The van der Waals surface area contributed by atoms with Gasteiger partial charge in [-0.15, -0.1) is 0 Å². The molecule has 0 atom stereocenters. The number of phenols is 1. The van der Waals surface area contributed by atoms with Crippen molar-refractivity contribution >= 4 is 17.4 Å². The molecule has 0 heterocycles. The molecule has 0 spiro atoms. The van der Waals surface area contributed by atoms with E-state index in [0.29, 0.717) is 0 Å². The number of rotatable bonds is 3. The molecule has 0 saturated carbocycles. The van der Waals surface area contributed by atoms with Crippen LogP contribution in [0.25, 0.3) is 0 Å². The SMILES string of the molecule is NCCC(=O)c1c(O)ccc(Cl)c1F. The van der Waals surface area contributed by atoms with Gasteiger partial charge in [0, 0.05) is 6.42 Å². The number of hydrogen-bond acceptors (Lipinski definition) is 3. The van der Waals surface area contributed by atoms with E-state index in [1.54, 1.807) is 0 Å². The Morgan fingerprint density at radius 2 is 2.21 bits per heavy atom. The highest BCUT2D eigenvalue weighted by atomic mass is 35.5. The van der Waals surface area contributed by atoms with Gasteiger partial charge in [-0.2, -0.15) is 0 Å². The van der Waals surface area contributed by atoms with Crippen LogP contribution in [0.4, 0.5) is 4.39 Å². The van der Waals surface area contributed by atoms with Crippen LogP contribution in [0.15, 0.2) is 12.1 Å². The van der Waals surface area contributed by atoms with E-state index < -0.39 is 17.3 Å². The van der Waals surface area contributed by atoms with Gasteiger partial charge in [0.05, 0.1) is 10.6 Å². The number of carbonyl (C=O) groups is 1. The van der Waals surface area contributed by atoms with Crippen molar-refractivity contribution in [1.29, 1.82) is 0 Å². The Bertz CT molecular complexity index is 368. The lowest BCUT2D eigenvalue weighted by Crippen LogP contribution is -2.10. The number of phenolic OH excluding ortho intramolecular Hbond substituents is 1. The molecule has 1 aromatic carbocycles. The van der Waals surface area contributed by atoms with Crippen LogP contribution >= 0.6 is 11.6 Å². The van der Waals surface area contributed by atoms with E-state index in [1.807, 2.05) is 0 Å². The van der Waals surface area contributed by atoms with Gasteiger partial charge >= 0.3 is 0 Å². The molecular formula is C9H9ClFNO2. The van der Waals surface area contributed by atoms with Gasteiger partial charge in [-0.1, -0.05) is 11.6 Å². The predicted molar refractivity (Wildman–Crippen MR) is 51.1 cm³/mol. The minimum Gasteiger partial charge on any atom is -0.507 e. The maximum Gasteiger partial charge on any atom is 0.170 e. The molecule has 0 aromatic heterocycles. The molecule has 0 radical (unpaired) electrons. The second kappa shape index (κ2) is 4.39. The molecule has 0 aliphatic rings. The predicted octanol–water partition coefficient (Wildman–Crippen LogP) is 1.72. The number of Topliss-reactive ketones (excluding diaryl/α,β-unsaturated/α-hetero) is 1. The zero-order valence-electron chi connectivity index (χ0n) is 7.26. The summed E-state index contributed by atoms with van der Waals surface area (Å²) in [5, 5.41) is 9.06. The molecule has 14 heavy (non-hydrogen) atoms. The standard InChI is InChI=1S/C9H9ClFNO2/c10-5-1-2-6(13)8(9(5)11)7(14)3-4-12/h1-2,13H,3-4,12H2. The molecule has 76 valence electrons. The third kappa shape index (κ3) is 2.02. The minimum absolute atomic E-state index is 0.0230. The van der Waals surface area contributed by atoms with Crippen LogP contribution < -0.4 is 5.73 Å². The monoisotopic (exact) mass is 217 g/mol. The first-order valence-electron chi connectivity index (χ1n) is 3.98. The van der Waals surface area contributed by atoms with E-state index in [9.17, 15) is 14.3 Å². The molecular weight excluding hydrogens is 209 g/mol. The van der Waals surface area contributed by atoms with Crippen molar-refractivity contribution in [2.45, 2.75) is 6.42 Å². The van der Waals surface area contributed by atoms with Gasteiger partial charge in [0.25, 0.3) is 0 Å². The number of carbonyl (C=O) groups excluding carboxylic acids is 1. The van der Waals surface area contributed by atoms with E-state index in [1.165, 1.54) is 12.1 Å². The number of benzene rings is 1. The van der Waals surface area contributed by atoms with E-state index >= 15 is 0 Å². The van der Waals surface area contributed by atoms with Crippen LogP contribution in [0.5, 0.6) is 5.75 Å². The molecule has 0 aliphatic carbocycles. The molecule has 3 N–H and O–H groups in total.